The lowest BCUT2D eigenvalue weighted by Gasteiger charge is -2.06. The van der Waals surface area contributed by atoms with E-state index in [-0.39, 0.29) is 5.91 Å². The number of nitrogens with zero attached hydrogens (tertiary/aromatic N) is 1. The van der Waals surface area contributed by atoms with E-state index in [2.05, 4.69) is 40.6 Å². The Kier molecular flexibility index (Phi) is 6.04. The number of thiazole rings is 1. The van der Waals surface area contributed by atoms with Crippen molar-refractivity contribution in [3.63, 3.8) is 0 Å². The smallest absolute Gasteiger partial charge is 0.234 e. The van der Waals surface area contributed by atoms with Gasteiger partial charge in [0, 0.05) is 17.9 Å². The van der Waals surface area contributed by atoms with Crippen molar-refractivity contribution in [3.8, 4) is 0 Å². The molecule has 0 saturated carbocycles. The SMILES string of the molecule is O=C(CSCc1ccccc1)Nc1ccc(Cc2nc3ccccc3s2)cc1. The number of rotatable bonds is 7. The summed E-state index contributed by atoms with van der Waals surface area (Å²) >= 11 is 3.35. The fraction of sp³-hybridized carbons (Fsp3) is 0.130. The van der Waals surface area contributed by atoms with E-state index in [4.69, 9.17) is 0 Å². The number of hydrogen-bond acceptors (Lipinski definition) is 4. The van der Waals surface area contributed by atoms with Gasteiger partial charge in [-0.15, -0.1) is 23.1 Å². The first-order valence-corrected chi connectivity index (χ1v) is 11.1. The molecule has 3 nitrogen and oxygen atoms in total. The molecule has 1 amide bonds. The Morgan fingerprint density at radius 1 is 0.893 bits per heavy atom. The van der Waals surface area contributed by atoms with Crippen LogP contribution in [0.3, 0.4) is 0 Å². The molecule has 3 aromatic carbocycles. The number of amides is 1. The zero-order chi connectivity index (χ0) is 19.2. The molecule has 0 fully saturated rings. The van der Waals surface area contributed by atoms with E-state index in [9.17, 15) is 4.79 Å². The molecule has 4 aromatic rings. The van der Waals surface area contributed by atoms with Crippen molar-refractivity contribution < 1.29 is 4.79 Å². The Bertz CT molecular complexity index is 1030. The van der Waals surface area contributed by atoms with Gasteiger partial charge >= 0.3 is 0 Å². The molecule has 1 N–H and O–H groups in total. The summed E-state index contributed by atoms with van der Waals surface area (Å²) in [7, 11) is 0. The molecular formula is C23H20N2OS2. The number of hydrogen-bond donors (Lipinski definition) is 1. The maximum absolute atomic E-state index is 12.1. The molecule has 0 saturated heterocycles. The Balaban J connectivity index is 1.28. The normalized spacial score (nSPS) is 10.9. The van der Waals surface area contributed by atoms with Crippen molar-refractivity contribution in [2.24, 2.45) is 0 Å². The lowest BCUT2D eigenvalue weighted by Crippen LogP contribution is -2.14. The third kappa shape index (κ3) is 5.00. The van der Waals surface area contributed by atoms with Gasteiger partial charge in [0.25, 0.3) is 0 Å². The third-order valence-corrected chi connectivity index (χ3v) is 6.32. The maximum atomic E-state index is 12.1. The summed E-state index contributed by atoms with van der Waals surface area (Å²) in [5.74, 6) is 1.32. The van der Waals surface area contributed by atoms with Crippen LogP contribution in [-0.2, 0) is 17.0 Å². The van der Waals surface area contributed by atoms with Gasteiger partial charge in [-0.25, -0.2) is 4.98 Å². The largest absolute Gasteiger partial charge is 0.325 e. The summed E-state index contributed by atoms with van der Waals surface area (Å²) in [6.07, 6.45) is 0.806. The van der Waals surface area contributed by atoms with Crippen LogP contribution in [0.1, 0.15) is 16.1 Å². The second-order valence-electron chi connectivity index (χ2n) is 6.48. The highest BCUT2D eigenvalue weighted by atomic mass is 32.2. The fourth-order valence-corrected chi connectivity index (χ4v) is 4.70. The molecular weight excluding hydrogens is 384 g/mol. The third-order valence-electron chi connectivity index (χ3n) is 4.28. The maximum Gasteiger partial charge on any atom is 0.234 e. The zero-order valence-corrected chi connectivity index (χ0v) is 16.9. The Morgan fingerprint density at radius 2 is 1.64 bits per heavy atom. The Morgan fingerprint density at radius 3 is 2.43 bits per heavy atom. The highest BCUT2D eigenvalue weighted by Gasteiger charge is 2.06. The number of para-hydroxylation sites is 1. The average molecular weight is 405 g/mol. The summed E-state index contributed by atoms with van der Waals surface area (Å²) in [5.41, 5.74) is 4.31. The summed E-state index contributed by atoms with van der Waals surface area (Å²) < 4.78 is 1.22. The standard InChI is InChI=1S/C23H20N2OS2/c26-22(16-27-15-18-6-2-1-3-7-18)24-19-12-10-17(11-13-19)14-23-25-20-8-4-5-9-21(20)28-23/h1-13H,14-16H2,(H,24,26). The molecule has 4 rings (SSSR count). The van der Waals surface area contributed by atoms with Crippen LogP contribution in [0.2, 0.25) is 0 Å². The zero-order valence-electron chi connectivity index (χ0n) is 15.3. The molecule has 0 unspecified atom stereocenters. The molecule has 0 spiro atoms. The average Bonchev–Trinajstić information content (AvgIpc) is 3.12. The minimum atomic E-state index is 0.0276. The first-order chi connectivity index (χ1) is 13.8. The lowest BCUT2D eigenvalue weighted by atomic mass is 10.1. The van der Waals surface area contributed by atoms with E-state index >= 15 is 0 Å². The molecule has 0 aliphatic carbocycles. The van der Waals surface area contributed by atoms with Gasteiger partial charge in [0.2, 0.25) is 5.91 Å². The molecule has 0 bridgehead atoms. The van der Waals surface area contributed by atoms with Crippen LogP contribution in [0.15, 0.2) is 78.9 Å². The van der Waals surface area contributed by atoms with E-state index in [0.29, 0.717) is 5.75 Å². The van der Waals surface area contributed by atoms with Crippen molar-refractivity contribution in [2.75, 3.05) is 11.1 Å². The van der Waals surface area contributed by atoms with Crippen molar-refractivity contribution in [2.45, 2.75) is 12.2 Å². The minimum absolute atomic E-state index is 0.0276. The van der Waals surface area contributed by atoms with Crippen LogP contribution < -0.4 is 5.32 Å². The van der Waals surface area contributed by atoms with Crippen LogP contribution in [0.4, 0.5) is 5.69 Å². The molecule has 0 radical (unpaired) electrons. The molecule has 0 atom stereocenters. The van der Waals surface area contributed by atoms with E-state index in [1.165, 1.54) is 15.8 Å². The number of carbonyl (C=O) groups excluding carboxylic acids is 1. The van der Waals surface area contributed by atoms with Gasteiger partial charge in [-0.2, -0.15) is 0 Å². The number of thioether (sulfide) groups is 1. The van der Waals surface area contributed by atoms with E-state index < -0.39 is 0 Å². The number of benzene rings is 3. The van der Waals surface area contributed by atoms with Gasteiger partial charge in [0.05, 0.1) is 21.0 Å². The van der Waals surface area contributed by atoms with Gasteiger partial charge in [-0.1, -0.05) is 54.6 Å². The first kappa shape index (κ1) is 18.7. The van der Waals surface area contributed by atoms with Crippen molar-refractivity contribution in [1.82, 2.24) is 4.98 Å². The Labute approximate surface area is 172 Å². The van der Waals surface area contributed by atoms with Crippen LogP contribution in [0, 0.1) is 0 Å². The van der Waals surface area contributed by atoms with Crippen LogP contribution in [0.25, 0.3) is 10.2 Å². The molecule has 5 heteroatoms. The van der Waals surface area contributed by atoms with Crippen LogP contribution in [-0.4, -0.2) is 16.6 Å². The van der Waals surface area contributed by atoms with E-state index in [1.54, 1.807) is 23.1 Å². The predicted octanol–water partition coefficient (Wildman–Crippen LogP) is 5.76. The van der Waals surface area contributed by atoms with Gasteiger partial charge in [0.1, 0.15) is 0 Å². The first-order valence-electron chi connectivity index (χ1n) is 9.11. The van der Waals surface area contributed by atoms with E-state index in [0.717, 1.165) is 28.4 Å². The van der Waals surface area contributed by atoms with Crippen molar-refractivity contribution >= 4 is 44.9 Å². The van der Waals surface area contributed by atoms with Gasteiger partial charge in [-0.3, -0.25) is 4.79 Å². The molecule has 0 aliphatic heterocycles. The number of carbonyl (C=O) groups is 1. The Hall–Kier alpha value is -2.63. The highest BCUT2D eigenvalue weighted by Crippen LogP contribution is 2.24. The monoisotopic (exact) mass is 404 g/mol. The van der Waals surface area contributed by atoms with Crippen molar-refractivity contribution in [3.05, 3.63) is 95.0 Å². The fourth-order valence-electron chi connectivity index (χ4n) is 2.91. The van der Waals surface area contributed by atoms with Gasteiger partial charge in [-0.05, 0) is 35.4 Å². The summed E-state index contributed by atoms with van der Waals surface area (Å²) in [4.78, 5) is 16.8. The minimum Gasteiger partial charge on any atom is -0.325 e. The van der Waals surface area contributed by atoms with Gasteiger partial charge < -0.3 is 5.32 Å². The van der Waals surface area contributed by atoms with Gasteiger partial charge in [0.15, 0.2) is 0 Å². The molecule has 1 aromatic heterocycles. The molecule has 1 heterocycles. The van der Waals surface area contributed by atoms with E-state index in [1.807, 2.05) is 48.5 Å². The second-order valence-corrected chi connectivity index (χ2v) is 8.58. The predicted molar refractivity (Wildman–Crippen MR) is 120 cm³/mol. The summed E-state index contributed by atoms with van der Waals surface area (Å²) in [6.45, 7) is 0. The van der Waals surface area contributed by atoms with Crippen LogP contribution in [0.5, 0.6) is 0 Å². The highest BCUT2D eigenvalue weighted by molar-refractivity contribution is 7.99. The number of anilines is 1. The molecule has 28 heavy (non-hydrogen) atoms. The number of aromatic nitrogens is 1. The number of nitrogens with one attached hydrogen (secondary N) is 1. The molecule has 0 aliphatic rings. The summed E-state index contributed by atoms with van der Waals surface area (Å²) in [5, 5.41) is 4.07. The lowest BCUT2D eigenvalue weighted by molar-refractivity contribution is -0.113. The van der Waals surface area contributed by atoms with Crippen LogP contribution >= 0.6 is 23.1 Å². The molecule has 140 valence electrons. The topological polar surface area (TPSA) is 42.0 Å². The van der Waals surface area contributed by atoms with Crippen molar-refractivity contribution in [1.29, 1.82) is 0 Å². The summed E-state index contributed by atoms with van der Waals surface area (Å²) in [6, 6.07) is 26.4. The quantitative estimate of drug-likeness (QED) is 0.426. The second kappa shape index (κ2) is 9.04. The number of fused-ring (bicyclic) bond motifs is 1.